The molecule has 1 aliphatic rings. The number of aryl methyl sites for hydroxylation is 2. The topological polar surface area (TPSA) is 74.3 Å². The van der Waals surface area contributed by atoms with Crippen molar-refractivity contribution in [2.75, 3.05) is 26.7 Å². The van der Waals surface area contributed by atoms with Gasteiger partial charge in [-0.25, -0.2) is 4.98 Å². The van der Waals surface area contributed by atoms with Gasteiger partial charge < -0.3 is 15.5 Å². The van der Waals surface area contributed by atoms with Gasteiger partial charge in [-0.3, -0.25) is 9.59 Å². The summed E-state index contributed by atoms with van der Waals surface area (Å²) < 4.78 is 0. The number of hydrogen-bond acceptors (Lipinski definition) is 5. The molecule has 1 aromatic rings. The molecule has 0 aromatic carbocycles. The smallest absolute Gasteiger partial charge is 0.265 e. The van der Waals surface area contributed by atoms with Gasteiger partial charge in [0, 0.05) is 26.7 Å². The number of aromatic nitrogens is 1. The third-order valence-corrected chi connectivity index (χ3v) is 4.18. The molecule has 19 heavy (non-hydrogen) atoms. The zero-order chi connectivity index (χ0) is 14.0. The summed E-state index contributed by atoms with van der Waals surface area (Å²) in [5.74, 6) is -0.117. The van der Waals surface area contributed by atoms with E-state index in [4.69, 9.17) is 0 Å². The van der Waals surface area contributed by atoms with Crippen molar-refractivity contribution in [1.29, 1.82) is 0 Å². The predicted molar refractivity (Wildman–Crippen MR) is 73.3 cm³/mol. The van der Waals surface area contributed by atoms with Gasteiger partial charge in [0.25, 0.3) is 5.91 Å². The van der Waals surface area contributed by atoms with Crippen LogP contribution in [0.15, 0.2) is 0 Å². The Morgan fingerprint density at radius 2 is 2.21 bits per heavy atom. The van der Waals surface area contributed by atoms with Crippen LogP contribution in [0.1, 0.15) is 20.4 Å². The van der Waals surface area contributed by atoms with Crippen molar-refractivity contribution >= 4 is 23.2 Å². The highest BCUT2D eigenvalue weighted by molar-refractivity contribution is 7.13. The fourth-order valence-corrected chi connectivity index (χ4v) is 3.05. The number of carbonyl (C=O) groups is 2. The van der Waals surface area contributed by atoms with E-state index in [0.717, 1.165) is 10.7 Å². The third kappa shape index (κ3) is 2.93. The monoisotopic (exact) mass is 282 g/mol. The van der Waals surface area contributed by atoms with Crippen LogP contribution in [0.4, 0.5) is 0 Å². The van der Waals surface area contributed by atoms with E-state index in [9.17, 15) is 9.59 Å². The quantitative estimate of drug-likeness (QED) is 0.796. The van der Waals surface area contributed by atoms with Gasteiger partial charge in [-0.05, 0) is 13.8 Å². The molecule has 2 amide bonds. The van der Waals surface area contributed by atoms with Crippen molar-refractivity contribution in [2.45, 2.75) is 19.9 Å². The van der Waals surface area contributed by atoms with Crippen molar-refractivity contribution in [2.24, 2.45) is 0 Å². The molecule has 0 radical (unpaired) electrons. The van der Waals surface area contributed by atoms with Crippen LogP contribution in [-0.4, -0.2) is 54.4 Å². The van der Waals surface area contributed by atoms with E-state index in [1.807, 2.05) is 13.8 Å². The van der Waals surface area contributed by atoms with Crippen molar-refractivity contribution in [1.82, 2.24) is 20.5 Å². The van der Waals surface area contributed by atoms with Crippen LogP contribution in [0.3, 0.4) is 0 Å². The van der Waals surface area contributed by atoms with Gasteiger partial charge in [-0.1, -0.05) is 0 Å². The molecule has 0 saturated carbocycles. The first-order valence-corrected chi connectivity index (χ1v) is 7.03. The highest BCUT2D eigenvalue weighted by Gasteiger charge is 2.29. The Labute approximate surface area is 116 Å². The van der Waals surface area contributed by atoms with E-state index < -0.39 is 0 Å². The zero-order valence-electron chi connectivity index (χ0n) is 11.3. The summed E-state index contributed by atoms with van der Waals surface area (Å²) in [6.07, 6.45) is 0. The number of nitrogens with zero attached hydrogens (tertiary/aromatic N) is 2. The second-order valence-corrected chi connectivity index (χ2v) is 5.72. The summed E-state index contributed by atoms with van der Waals surface area (Å²) in [7, 11) is 1.60. The number of rotatable bonds is 2. The molecule has 1 fully saturated rings. The number of thiazole rings is 1. The van der Waals surface area contributed by atoms with Crippen molar-refractivity contribution in [3.8, 4) is 0 Å². The number of piperazine rings is 1. The largest absolute Gasteiger partial charge is 0.358 e. The van der Waals surface area contributed by atoms with Gasteiger partial charge in [0.15, 0.2) is 0 Å². The highest BCUT2D eigenvalue weighted by atomic mass is 32.1. The van der Waals surface area contributed by atoms with Crippen molar-refractivity contribution in [3.05, 3.63) is 15.6 Å². The molecular weight excluding hydrogens is 264 g/mol. The molecule has 6 nitrogen and oxygen atoms in total. The van der Waals surface area contributed by atoms with Crippen LogP contribution in [-0.2, 0) is 4.79 Å². The van der Waals surface area contributed by atoms with Crippen LogP contribution in [0, 0.1) is 13.8 Å². The summed E-state index contributed by atoms with van der Waals surface area (Å²) in [5, 5.41) is 6.60. The number of nitrogens with one attached hydrogen (secondary N) is 2. The lowest BCUT2D eigenvalue weighted by Gasteiger charge is -2.32. The summed E-state index contributed by atoms with van der Waals surface area (Å²) in [5.41, 5.74) is 0.766. The Bertz CT molecular complexity index is 500. The number of amides is 2. The lowest BCUT2D eigenvalue weighted by atomic mass is 10.2. The fourth-order valence-electron chi connectivity index (χ4n) is 2.16. The summed E-state index contributed by atoms with van der Waals surface area (Å²) in [6.45, 7) is 5.37. The Morgan fingerprint density at radius 3 is 2.79 bits per heavy atom. The third-order valence-electron chi connectivity index (χ3n) is 3.12. The molecule has 2 N–H and O–H groups in total. The molecule has 7 heteroatoms. The molecule has 1 aliphatic heterocycles. The molecule has 1 saturated heterocycles. The highest BCUT2D eigenvalue weighted by Crippen LogP contribution is 2.19. The van der Waals surface area contributed by atoms with Crippen LogP contribution >= 0.6 is 11.3 Å². The Hall–Kier alpha value is -1.47. The number of likely N-dealkylation sites (N-methyl/N-ethyl adjacent to an activating group) is 1. The second kappa shape index (κ2) is 5.66. The van der Waals surface area contributed by atoms with E-state index in [-0.39, 0.29) is 17.9 Å². The maximum absolute atomic E-state index is 12.4. The van der Waals surface area contributed by atoms with E-state index >= 15 is 0 Å². The van der Waals surface area contributed by atoms with Gasteiger partial charge in [-0.15, -0.1) is 11.3 Å². The molecule has 104 valence electrons. The van der Waals surface area contributed by atoms with Gasteiger partial charge in [0.2, 0.25) is 5.91 Å². The zero-order valence-corrected chi connectivity index (χ0v) is 12.1. The van der Waals surface area contributed by atoms with Gasteiger partial charge in [0.1, 0.15) is 10.9 Å². The van der Waals surface area contributed by atoms with Crippen LogP contribution in [0.5, 0.6) is 0 Å². The number of hydrogen-bond donors (Lipinski definition) is 2. The molecule has 2 heterocycles. The average Bonchev–Trinajstić information content (AvgIpc) is 2.76. The fraction of sp³-hybridized carbons (Fsp3) is 0.583. The first-order chi connectivity index (χ1) is 9.02. The molecule has 0 spiro atoms. The lowest BCUT2D eigenvalue weighted by molar-refractivity contribution is -0.123. The SMILES string of the molecule is CNC(=O)[C@@H]1CN(C(=O)c2sc(C)nc2C)CCN1. The van der Waals surface area contributed by atoms with Crippen LogP contribution in [0.25, 0.3) is 0 Å². The Balaban J connectivity index is 2.11. The van der Waals surface area contributed by atoms with Gasteiger partial charge >= 0.3 is 0 Å². The Kier molecular flexibility index (Phi) is 4.16. The molecular formula is C12H18N4O2S. The Morgan fingerprint density at radius 1 is 1.47 bits per heavy atom. The van der Waals surface area contributed by atoms with Crippen molar-refractivity contribution in [3.63, 3.8) is 0 Å². The summed E-state index contributed by atoms with van der Waals surface area (Å²) in [4.78, 5) is 30.7. The maximum Gasteiger partial charge on any atom is 0.265 e. The second-order valence-electron chi connectivity index (χ2n) is 4.52. The minimum Gasteiger partial charge on any atom is -0.358 e. The van der Waals surface area contributed by atoms with E-state index in [1.54, 1.807) is 11.9 Å². The predicted octanol–water partition coefficient (Wildman–Crippen LogP) is -0.0801. The van der Waals surface area contributed by atoms with Crippen LogP contribution < -0.4 is 10.6 Å². The molecule has 0 aliphatic carbocycles. The minimum atomic E-state index is -0.336. The van der Waals surface area contributed by atoms with Crippen LogP contribution in [0.2, 0.25) is 0 Å². The number of carbonyl (C=O) groups excluding carboxylic acids is 2. The summed E-state index contributed by atoms with van der Waals surface area (Å²) >= 11 is 1.41. The summed E-state index contributed by atoms with van der Waals surface area (Å²) in [6, 6.07) is -0.336. The first-order valence-electron chi connectivity index (χ1n) is 6.21. The van der Waals surface area contributed by atoms with E-state index in [1.165, 1.54) is 11.3 Å². The first kappa shape index (κ1) is 14.0. The maximum atomic E-state index is 12.4. The van der Waals surface area contributed by atoms with Gasteiger partial charge in [0.05, 0.1) is 10.7 Å². The average molecular weight is 282 g/mol. The molecule has 1 aromatic heterocycles. The molecule has 0 unspecified atom stereocenters. The molecule has 0 bridgehead atoms. The molecule has 2 rings (SSSR count). The van der Waals surface area contributed by atoms with E-state index in [0.29, 0.717) is 24.5 Å². The van der Waals surface area contributed by atoms with Crippen molar-refractivity contribution < 1.29 is 9.59 Å². The standard InChI is InChI=1S/C12H18N4O2S/c1-7-10(19-8(2)15-7)12(18)16-5-4-14-9(6-16)11(17)13-3/h9,14H,4-6H2,1-3H3,(H,13,17)/t9-/m0/s1. The lowest BCUT2D eigenvalue weighted by Crippen LogP contribution is -2.57. The normalized spacial score (nSPS) is 19.3. The van der Waals surface area contributed by atoms with Gasteiger partial charge in [-0.2, -0.15) is 0 Å². The molecule has 1 atom stereocenters. The van der Waals surface area contributed by atoms with E-state index in [2.05, 4.69) is 15.6 Å². The minimum absolute atomic E-state index is 0.0292.